The topological polar surface area (TPSA) is 54.0 Å². The van der Waals surface area contributed by atoms with Gasteiger partial charge in [0.15, 0.2) is 0 Å². The van der Waals surface area contributed by atoms with Crippen molar-refractivity contribution in [2.75, 3.05) is 18.4 Å². The minimum atomic E-state index is -0.177. The van der Waals surface area contributed by atoms with Crippen LogP contribution in [0.25, 0.3) is 10.9 Å². The Kier molecular flexibility index (Phi) is 6.78. The predicted octanol–water partition coefficient (Wildman–Crippen LogP) is 5.82. The first-order valence-corrected chi connectivity index (χ1v) is 9.69. The second-order valence-corrected chi connectivity index (χ2v) is 7.38. The zero-order chi connectivity index (χ0) is 19.2. The number of hydrogen-bond acceptors (Lipinski definition) is 3. The van der Waals surface area contributed by atoms with Crippen molar-refractivity contribution in [3.63, 3.8) is 0 Å². The molecule has 0 spiro atoms. The largest absolute Gasteiger partial charge is 0.384 e. The van der Waals surface area contributed by atoms with Crippen molar-refractivity contribution in [1.82, 2.24) is 10.3 Å². The van der Waals surface area contributed by atoms with Crippen LogP contribution in [0.2, 0.25) is 15.1 Å². The molecule has 140 valence electrons. The molecule has 27 heavy (non-hydrogen) atoms. The van der Waals surface area contributed by atoms with E-state index in [4.69, 9.17) is 34.8 Å². The molecule has 1 heterocycles. The van der Waals surface area contributed by atoms with Gasteiger partial charge in [-0.3, -0.25) is 9.78 Å². The summed E-state index contributed by atoms with van der Waals surface area (Å²) in [5.41, 5.74) is 2.35. The molecule has 0 radical (unpaired) electrons. The number of carbonyl (C=O) groups is 1. The van der Waals surface area contributed by atoms with Crippen LogP contribution in [0.1, 0.15) is 23.2 Å². The smallest absolute Gasteiger partial charge is 0.251 e. The lowest BCUT2D eigenvalue weighted by Gasteiger charge is -2.10. The summed E-state index contributed by atoms with van der Waals surface area (Å²) in [6, 6.07) is 12.4. The van der Waals surface area contributed by atoms with E-state index in [1.165, 1.54) is 0 Å². The van der Waals surface area contributed by atoms with Gasteiger partial charge >= 0.3 is 0 Å². The molecule has 2 N–H and O–H groups in total. The van der Waals surface area contributed by atoms with E-state index in [0.717, 1.165) is 36.0 Å². The molecule has 0 saturated carbocycles. The maximum atomic E-state index is 12.1. The van der Waals surface area contributed by atoms with Crippen molar-refractivity contribution in [3.8, 4) is 0 Å². The first kappa shape index (κ1) is 19.7. The average Bonchev–Trinajstić information content (AvgIpc) is 2.63. The Morgan fingerprint density at radius 2 is 1.63 bits per heavy atom. The minimum absolute atomic E-state index is 0.177. The molecule has 2 aromatic carbocycles. The number of amides is 1. The van der Waals surface area contributed by atoms with E-state index in [9.17, 15) is 4.79 Å². The molecule has 4 nitrogen and oxygen atoms in total. The van der Waals surface area contributed by atoms with Gasteiger partial charge in [0.25, 0.3) is 5.91 Å². The molecule has 3 rings (SSSR count). The lowest BCUT2D eigenvalue weighted by atomic mass is 10.2. The molecule has 7 heteroatoms. The fourth-order valence-corrected chi connectivity index (χ4v) is 3.43. The summed E-state index contributed by atoms with van der Waals surface area (Å²) in [7, 11) is 0. The van der Waals surface area contributed by atoms with E-state index in [-0.39, 0.29) is 5.91 Å². The van der Waals surface area contributed by atoms with E-state index in [0.29, 0.717) is 27.2 Å². The Balaban J connectivity index is 1.44. The van der Waals surface area contributed by atoms with E-state index in [1.807, 2.05) is 24.3 Å². The van der Waals surface area contributed by atoms with Gasteiger partial charge in [-0.05, 0) is 55.3 Å². The first-order valence-electron chi connectivity index (χ1n) is 8.55. The van der Waals surface area contributed by atoms with Crippen LogP contribution in [-0.4, -0.2) is 24.0 Å². The third-order valence-electron chi connectivity index (χ3n) is 4.03. The van der Waals surface area contributed by atoms with Gasteiger partial charge in [-0.1, -0.05) is 34.8 Å². The van der Waals surface area contributed by atoms with Crippen molar-refractivity contribution in [2.24, 2.45) is 0 Å². The van der Waals surface area contributed by atoms with E-state index in [2.05, 4.69) is 15.6 Å². The van der Waals surface area contributed by atoms with Crippen molar-refractivity contribution in [1.29, 1.82) is 0 Å². The molecular weight excluding hydrogens is 405 g/mol. The second kappa shape index (κ2) is 9.27. The van der Waals surface area contributed by atoms with Gasteiger partial charge in [0, 0.05) is 51.0 Å². The molecule has 0 bridgehead atoms. The van der Waals surface area contributed by atoms with Crippen molar-refractivity contribution >= 4 is 57.3 Å². The zero-order valence-corrected chi connectivity index (χ0v) is 16.7. The number of carbonyl (C=O) groups excluding carboxylic acids is 1. The Bertz CT molecular complexity index is 942. The number of rotatable bonds is 7. The van der Waals surface area contributed by atoms with Crippen molar-refractivity contribution in [2.45, 2.75) is 12.8 Å². The van der Waals surface area contributed by atoms with Crippen LogP contribution in [0.4, 0.5) is 5.69 Å². The molecule has 0 fully saturated rings. The highest BCUT2D eigenvalue weighted by Crippen LogP contribution is 2.24. The maximum Gasteiger partial charge on any atom is 0.251 e. The summed E-state index contributed by atoms with van der Waals surface area (Å²) in [5, 5.41) is 8.89. The first-order chi connectivity index (χ1) is 13.0. The van der Waals surface area contributed by atoms with Crippen molar-refractivity contribution in [3.05, 3.63) is 69.3 Å². The standard InChI is InChI=1S/C20H18Cl3N3O/c21-14-3-4-17-18(5-8-25-19(17)12-14)24-6-1-2-7-26-20(27)13-9-15(22)11-16(23)10-13/h3-5,8-12H,1-2,6-7H2,(H,24,25)(H,26,27). The molecule has 0 unspecified atom stereocenters. The molecular formula is C20H18Cl3N3O. The van der Waals surface area contributed by atoms with Gasteiger partial charge in [-0.2, -0.15) is 0 Å². The van der Waals surface area contributed by atoms with Gasteiger partial charge in [0.1, 0.15) is 0 Å². The number of aromatic nitrogens is 1. The lowest BCUT2D eigenvalue weighted by molar-refractivity contribution is 0.0953. The number of nitrogens with zero attached hydrogens (tertiary/aromatic N) is 1. The predicted molar refractivity (Wildman–Crippen MR) is 113 cm³/mol. The molecule has 0 saturated heterocycles. The van der Waals surface area contributed by atoms with E-state index < -0.39 is 0 Å². The second-order valence-electron chi connectivity index (χ2n) is 6.07. The number of halogens is 3. The van der Waals surface area contributed by atoms with Gasteiger partial charge in [-0.25, -0.2) is 0 Å². The third-order valence-corrected chi connectivity index (χ3v) is 4.71. The zero-order valence-electron chi connectivity index (χ0n) is 14.4. The molecule has 0 atom stereocenters. The minimum Gasteiger partial charge on any atom is -0.384 e. The summed E-state index contributed by atoms with van der Waals surface area (Å²) in [6.07, 6.45) is 3.52. The fourth-order valence-electron chi connectivity index (χ4n) is 2.74. The number of benzene rings is 2. The Morgan fingerprint density at radius 3 is 2.41 bits per heavy atom. The summed E-state index contributed by atoms with van der Waals surface area (Å²) in [4.78, 5) is 16.4. The monoisotopic (exact) mass is 421 g/mol. The van der Waals surface area contributed by atoms with Crippen LogP contribution in [0.5, 0.6) is 0 Å². The van der Waals surface area contributed by atoms with E-state index in [1.54, 1.807) is 24.4 Å². The molecule has 0 aliphatic rings. The number of fused-ring (bicyclic) bond motifs is 1. The van der Waals surface area contributed by atoms with Crippen LogP contribution in [0, 0.1) is 0 Å². The summed E-state index contributed by atoms with van der Waals surface area (Å²) in [5.74, 6) is -0.177. The van der Waals surface area contributed by atoms with Gasteiger partial charge in [-0.15, -0.1) is 0 Å². The van der Waals surface area contributed by atoms with Gasteiger partial charge in [0.05, 0.1) is 5.52 Å². The normalized spacial score (nSPS) is 10.8. The summed E-state index contributed by atoms with van der Waals surface area (Å²) >= 11 is 17.9. The van der Waals surface area contributed by atoms with Crippen LogP contribution in [-0.2, 0) is 0 Å². The quantitative estimate of drug-likeness (QED) is 0.472. The summed E-state index contributed by atoms with van der Waals surface area (Å²) in [6.45, 7) is 1.37. The molecule has 1 amide bonds. The van der Waals surface area contributed by atoms with Crippen LogP contribution >= 0.6 is 34.8 Å². The SMILES string of the molecule is O=C(NCCCCNc1ccnc2cc(Cl)ccc12)c1cc(Cl)cc(Cl)c1. The van der Waals surface area contributed by atoms with Crippen LogP contribution < -0.4 is 10.6 Å². The number of pyridine rings is 1. The third kappa shape index (κ3) is 5.48. The number of nitrogens with one attached hydrogen (secondary N) is 2. The number of anilines is 1. The highest BCUT2D eigenvalue weighted by atomic mass is 35.5. The molecule has 1 aromatic heterocycles. The van der Waals surface area contributed by atoms with Gasteiger partial charge < -0.3 is 10.6 Å². The van der Waals surface area contributed by atoms with Gasteiger partial charge in [0.2, 0.25) is 0 Å². The number of hydrogen-bond donors (Lipinski definition) is 2. The van der Waals surface area contributed by atoms with Crippen LogP contribution in [0.15, 0.2) is 48.7 Å². The highest BCUT2D eigenvalue weighted by molar-refractivity contribution is 6.35. The number of unbranched alkanes of at least 4 members (excludes halogenated alkanes) is 1. The molecule has 0 aliphatic heterocycles. The lowest BCUT2D eigenvalue weighted by Crippen LogP contribution is -2.24. The Morgan fingerprint density at radius 1 is 0.889 bits per heavy atom. The Hall–Kier alpha value is -2.01. The van der Waals surface area contributed by atoms with Crippen LogP contribution in [0.3, 0.4) is 0 Å². The highest BCUT2D eigenvalue weighted by Gasteiger charge is 2.07. The molecule has 3 aromatic rings. The average molecular weight is 423 g/mol. The summed E-state index contributed by atoms with van der Waals surface area (Å²) < 4.78 is 0. The maximum absolute atomic E-state index is 12.1. The van der Waals surface area contributed by atoms with E-state index >= 15 is 0 Å². The molecule has 0 aliphatic carbocycles. The van der Waals surface area contributed by atoms with Crippen molar-refractivity contribution < 1.29 is 4.79 Å². The fraction of sp³-hybridized carbons (Fsp3) is 0.200. The Labute approximate surface area is 172 Å².